The number of hydrogen-bond acceptors (Lipinski definition) is 4. The van der Waals surface area contributed by atoms with Crippen molar-refractivity contribution < 1.29 is 9.53 Å². The second-order valence-electron chi connectivity index (χ2n) is 7.68. The molecule has 2 aromatic rings. The summed E-state index contributed by atoms with van der Waals surface area (Å²) in [4.78, 5) is 22.1. The van der Waals surface area contributed by atoms with E-state index in [1.165, 1.54) is 0 Å². The molecule has 2 aliphatic rings. The third-order valence-electron chi connectivity index (χ3n) is 5.74. The number of nitrogens with zero attached hydrogens (tertiary/aromatic N) is 3. The molecule has 3 heterocycles. The Labute approximate surface area is 161 Å². The lowest BCUT2D eigenvalue weighted by atomic mass is 9.93. The van der Waals surface area contributed by atoms with E-state index in [1.807, 2.05) is 30.3 Å². The molecule has 0 N–H and O–H groups in total. The van der Waals surface area contributed by atoms with Crippen LogP contribution >= 0.6 is 0 Å². The third kappa shape index (κ3) is 4.14. The van der Waals surface area contributed by atoms with Crippen LogP contribution in [0.1, 0.15) is 24.0 Å². The van der Waals surface area contributed by atoms with Gasteiger partial charge in [0.1, 0.15) is 12.4 Å². The van der Waals surface area contributed by atoms with Crippen LogP contribution in [0.4, 0.5) is 0 Å². The van der Waals surface area contributed by atoms with Crippen molar-refractivity contribution in [3.05, 3.63) is 59.9 Å². The highest BCUT2D eigenvalue weighted by molar-refractivity contribution is 5.80. The van der Waals surface area contributed by atoms with Gasteiger partial charge in [-0.05, 0) is 68.7 Å². The van der Waals surface area contributed by atoms with Crippen molar-refractivity contribution >= 4 is 5.91 Å². The zero-order valence-corrected chi connectivity index (χ0v) is 15.9. The summed E-state index contributed by atoms with van der Waals surface area (Å²) >= 11 is 0. The molecule has 0 saturated carbocycles. The second kappa shape index (κ2) is 8.09. The molecule has 5 heteroatoms. The van der Waals surface area contributed by atoms with Gasteiger partial charge in [0.05, 0.1) is 5.92 Å². The van der Waals surface area contributed by atoms with E-state index >= 15 is 0 Å². The van der Waals surface area contributed by atoms with Crippen molar-refractivity contribution in [2.24, 2.45) is 5.92 Å². The molecule has 1 aromatic heterocycles. The molecule has 0 bridgehead atoms. The summed E-state index contributed by atoms with van der Waals surface area (Å²) in [7, 11) is 2.15. The number of piperidine rings is 1. The molecular formula is C22H27N3O2. The lowest BCUT2D eigenvalue weighted by molar-refractivity contribution is -0.141. The maximum absolute atomic E-state index is 13.5. The van der Waals surface area contributed by atoms with Gasteiger partial charge >= 0.3 is 0 Å². The first-order valence-corrected chi connectivity index (χ1v) is 9.79. The predicted octanol–water partition coefficient (Wildman–Crippen LogP) is 2.76. The van der Waals surface area contributed by atoms with E-state index < -0.39 is 0 Å². The van der Waals surface area contributed by atoms with Gasteiger partial charge < -0.3 is 14.5 Å². The van der Waals surface area contributed by atoms with Crippen LogP contribution < -0.4 is 4.74 Å². The van der Waals surface area contributed by atoms with Crippen molar-refractivity contribution in [3.63, 3.8) is 0 Å². The quantitative estimate of drug-likeness (QED) is 0.836. The summed E-state index contributed by atoms with van der Waals surface area (Å²) in [5.41, 5.74) is 2.27. The van der Waals surface area contributed by atoms with E-state index in [-0.39, 0.29) is 11.8 Å². The fraction of sp³-hybridized carbons (Fsp3) is 0.455. The number of likely N-dealkylation sites (tertiary alicyclic amines) is 1. The van der Waals surface area contributed by atoms with Crippen LogP contribution in [0, 0.1) is 5.92 Å². The van der Waals surface area contributed by atoms with Crippen LogP contribution in [0.25, 0.3) is 0 Å². The molecule has 4 rings (SSSR count). The molecule has 1 aromatic carbocycles. The molecule has 0 aliphatic carbocycles. The van der Waals surface area contributed by atoms with Crippen LogP contribution in [0.15, 0.2) is 48.8 Å². The number of pyridine rings is 1. The van der Waals surface area contributed by atoms with E-state index in [0.29, 0.717) is 19.2 Å². The molecule has 1 fully saturated rings. The Morgan fingerprint density at radius 1 is 1.19 bits per heavy atom. The third-order valence-corrected chi connectivity index (χ3v) is 5.74. The normalized spacial score (nSPS) is 20.6. The maximum atomic E-state index is 13.5. The monoisotopic (exact) mass is 365 g/mol. The number of amides is 1. The van der Waals surface area contributed by atoms with Crippen LogP contribution in [-0.4, -0.2) is 53.5 Å². The van der Waals surface area contributed by atoms with Gasteiger partial charge in [0.25, 0.3) is 0 Å². The number of fused-ring (bicyclic) bond motifs is 1. The van der Waals surface area contributed by atoms with E-state index in [4.69, 9.17) is 4.74 Å². The Bertz CT molecular complexity index is 772. The van der Waals surface area contributed by atoms with Crippen molar-refractivity contribution in [1.29, 1.82) is 0 Å². The highest BCUT2D eigenvalue weighted by atomic mass is 16.5. The Balaban J connectivity index is 1.53. The minimum Gasteiger partial charge on any atom is -0.492 e. The van der Waals surface area contributed by atoms with Gasteiger partial charge in [-0.1, -0.05) is 18.2 Å². The Kier molecular flexibility index (Phi) is 5.39. The molecule has 1 amide bonds. The zero-order chi connectivity index (χ0) is 18.6. The van der Waals surface area contributed by atoms with Gasteiger partial charge in [-0.3, -0.25) is 9.78 Å². The summed E-state index contributed by atoms with van der Waals surface area (Å²) in [6.07, 6.45) is 6.41. The molecule has 1 atom stereocenters. The lowest BCUT2D eigenvalue weighted by Gasteiger charge is -2.39. The number of hydrogen-bond donors (Lipinski definition) is 0. The highest BCUT2D eigenvalue weighted by Crippen LogP contribution is 2.29. The van der Waals surface area contributed by atoms with E-state index in [9.17, 15) is 4.79 Å². The summed E-state index contributed by atoms with van der Waals surface area (Å²) in [6, 6.07) is 12.3. The number of aromatic nitrogens is 1. The van der Waals surface area contributed by atoms with Gasteiger partial charge in [0.15, 0.2) is 0 Å². The SMILES string of the molecule is CN1CCC(N(Cc2ccncc2)C(=O)C2COc3ccccc3C2)CC1. The molecule has 5 nitrogen and oxygen atoms in total. The van der Waals surface area contributed by atoms with Crippen molar-refractivity contribution in [1.82, 2.24) is 14.8 Å². The lowest BCUT2D eigenvalue weighted by Crippen LogP contribution is -2.49. The van der Waals surface area contributed by atoms with E-state index in [2.05, 4.69) is 27.9 Å². The smallest absolute Gasteiger partial charge is 0.230 e. The van der Waals surface area contributed by atoms with Gasteiger partial charge in [0.2, 0.25) is 5.91 Å². The zero-order valence-electron chi connectivity index (χ0n) is 15.9. The maximum Gasteiger partial charge on any atom is 0.230 e. The minimum absolute atomic E-state index is 0.110. The molecular weight excluding hydrogens is 338 g/mol. The average Bonchev–Trinajstić information content (AvgIpc) is 2.73. The average molecular weight is 365 g/mol. The highest BCUT2D eigenvalue weighted by Gasteiger charge is 2.34. The van der Waals surface area contributed by atoms with Gasteiger partial charge in [-0.15, -0.1) is 0 Å². The molecule has 1 unspecified atom stereocenters. The first-order valence-electron chi connectivity index (χ1n) is 9.79. The summed E-state index contributed by atoms with van der Waals surface area (Å²) in [5, 5.41) is 0. The van der Waals surface area contributed by atoms with E-state index in [0.717, 1.165) is 49.2 Å². The van der Waals surface area contributed by atoms with Crippen molar-refractivity contribution in [2.75, 3.05) is 26.7 Å². The van der Waals surface area contributed by atoms with Crippen molar-refractivity contribution in [3.8, 4) is 5.75 Å². The number of ether oxygens (including phenoxy) is 1. The number of rotatable bonds is 4. The molecule has 0 radical (unpaired) electrons. The number of para-hydroxylation sites is 1. The van der Waals surface area contributed by atoms with Crippen molar-refractivity contribution in [2.45, 2.75) is 31.8 Å². The number of carbonyl (C=O) groups is 1. The summed E-state index contributed by atoms with van der Waals surface area (Å²) < 4.78 is 5.90. The predicted molar refractivity (Wildman–Crippen MR) is 104 cm³/mol. The molecule has 1 saturated heterocycles. The fourth-order valence-electron chi connectivity index (χ4n) is 4.10. The number of carbonyl (C=O) groups excluding carboxylic acids is 1. The van der Waals surface area contributed by atoms with Crippen LogP contribution in [0.5, 0.6) is 5.75 Å². The fourth-order valence-corrected chi connectivity index (χ4v) is 4.10. The van der Waals surface area contributed by atoms with Gasteiger partial charge in [-0.2, -0.15) is 0 Å². The Morgan fingerprint density at radius 2 is 1.93 bits per heavy atom. The van der Waals surface area contributed by atoms with Gasteiger partial charge in [0, 0.05) is 25.0 Å². The largest absolute Gasteiger partial charge is 0.492 e. The number of benzene rings is 1. The Morgan fingerprint density at radius 3 is 2.70 bits per heavy atom. The molecule has 0 spiro atoms. The molecule has 2 aliphatic heterocycles. The summed E-state index contributed by atoms with van der Waals surface area (Å²) in [5.74, 6) is 1.03. The first kappa shape index (κ1) is 18.0. The first-order chi connectivity index (χ1) is 13.2. The standard InChI is InChI=1S/C22H27N3O2/c1-24-12-8-20(9-13-24)25(15-17-6-10-23-11-7-17)22(26)19-14-18-4-2-3-5-21(18)27-16-19/h2-7,10-11,19-20H,8-9,12-16H2,1H3. The van der Waals surface area contributed by atoms with Gasteiger partial charge in [-0.25, -0.2) is 0 Å². The van der Waals surface area contributed by atoms with E-state index in [1.54, 1.807) is 12.4 Å². The summed E-state index contributed by atoms with van der Waals surface area (Å²) in [6.45, 7) is 3.19. The Hall–Kier alpha value is -2.40. The minimum atomic E-state index is -0.110. The second-order valence-corrected chi connectivity index (χ2v) is 7.68. The topological polar surface area (TPSA) is 45.7 Å². The van der Waals surface area contributed by atoms with Crippen LogP contribution in [0.3, 0.4) is 0 Å². The van der Waals surface area contributed by atoms with Crippen LogP contribution in [-0.2, 0) is 17.8 Å². The molecule has 27 heavy (non-hydrogen) atoms. The molecule has 142 valence electrons. The van der Waals surface area contributed by atoms with Crippen LogP contribution in [0.2, 0.25) is 0 Å².